The number of likely N-dealkylation sites (tertiary alicyclic amines) is 2. The molecule has 1 N–H and O–H groups in total. The number of alkyl halides is 1. The normalized spacial score (nSPS) is 15.3. The van der Waals surface area contributed by atoms with Crippen LogP contribution in [0.1, 0.15) is 130 Å². The Morgan fingerprint density at radius 2 is 1.04 bits per heavy atom. The maximum absolute atomic E-state index is 11.7. The first kappa shape index (κ1) is 46.3. The largest absolute Gasteiger partial charge is 0.508 e. The average molecular weight is 760 g/mol. The van der Waals surface area contributed by atoms with Crippen LogP contribution in [0.25, 0.3) is 0 Å². The highest BCUT2D eigenvalue weighted by Gasteiger charge is 2.17. The predicted octanol–water partition coefficient (Wildman–Crippen LogP) is 9.76. The summed E-state index contributed by atoms with van der Waals surface area (Å²) in [5.41, 5.74) is 1.54. The Balaban J connectivity index is 0.000000307. The van der Waals surface area contributed by atoms with E-state index in [1.54, 1.807) is 12.1 Å². The molecule has 53 heavy (non-hydrogen) atoms. The maximum atomic E-state index is 11.7. The summed E-state index contributed by atoms with van der Waals surface area (Å²) < 4.78 is 16.4. The third kappa shape index (κ3) is 25.0. The van der Waals surface area contributed by atoms with Crippen molar-refractivity contribution in [2.45, 2.75) is 143 Å². The van der Waals surface area contributed by atoms with Crippen LogP contribution in [-0.4, -0.2) is 89.8 Å². The molecule has 300 valence electrons. The van der Waals surface area contributed by atoms with Gasteiger partial charge in [0.1, 0.15) is 22.7 Å². The second kappa shape index (κ2) is 26.1. The number of hydrogen-bond acceptors (Lipinski definition) is 8. The number of phenols is 1. The van der Waals surface area contributed by atoms with E-state index in [1.807, 2.05) is 65.8 Å². The van der Waals surface area contributed by atoms with Gasteiger partial charge >= 0.3 is 11.9 Å². The second-order valence-corrected chi connectivity index (χ2v) is 16.6. The van der Waals surface area contributed by atoms with Crippen LogP contribution >= 0.6 is 11.6 Å². The van der Waals surface area contributed by atoms with Crippen molar-refractivity contribution >= 4 is 23.5 Å². The van der Waals surface area contributed by atoms with Gasteiger partial charge in [-0.1, -0.05) is 37.1 Å². The lowest BCUT2D eigenvalue weighted by Crippen LogP contribution is -2.31. The number of ether oxygens (including phenoxy) is 3. The lowest BCUT2D eigenvalue weighted by atomic mass is 10.1. The molecule has 2 saturated heterocycles. The molecule has 0 unspecified atom stereocenters. The van der Waals surface area contributed by atoms with Gasteiger partial charge in [0.05, 0.1) is 6.61 Å². The van der Waals surface area contributed by atoms with E-state index >= 15 is 0 Å². The van der Waals surface area contributed by atoms with Gasteiger partial charge in [0.15, 0.2) is 0 Å². The Kier molecular flexibility index (Phi) is 22.8. The van der Waals surface area contributed by atoms with Crippen LogP contribution in [0, 0.1) is 0 Å². The van der Waals surface area contributed by atoms with Crippen LogP contribution in [-0.2, 0) is 31.9 Å². The van der Waals surface area contributed by atoms with E-state index in [9.17, 15) is 9.59 Å². The minimum absolute atomic E-state index is 0.119. The van der Waals surface area contributed by atoms with Gasteiger partial charge in [0.25, 0.3) is 0 Å². The van der Waals surface area contributed by atoms with Gasteiger partial charge in [-0.2, -0.15) is 0 Å². The van der Waals surface area contributed by atoms with Crippen molar-refractivity contribution in [3.8, 4) is 11.5 Å². The van der Waals surface area contributed by atoms with Crippen LogP contribution in [0.3, 0.4) is 0 Å². The third-order valence-corrected chi connectivity index (χ3v) is 9.05. The molecule has 2 aromatic carbocycles. The minimum atomic E-state index is -0.407. The lowest BCUT2D eigenvalue weighted by molar-refractivity contribution is -0.156. The molecule has 2 aliphatic rings. The highest BCUT2D eigenvalue weighted by molar-refractivity contribution is 6.17. The number of carbonyl (C=O) groups is 2. The van der Waals surface area contributed by atoms with Gasteiger partial charge in [0, 0.05) is 25.3 Å². The van der Waals surface area contributed by atoms with E-state index in [0.29, 0.717) is 12.8 Å². The van der Waals surface area contributed by atoms with Crippen LogP contribution in [0.2, 0.25) is 0 Å². The Morgan fingerprint density at radius 1 is 0.623 bits per heavy atom. The number of benzene rings is 2. The number of halogens is 1. The molecule has 0 aromatic heterocycles. The first-order chi connectivity index (χ1) is 25.2. The van der Waals surface area contributed by atoms with Gasteiger partial charge in [-0.05, 0) is 174 Å². The first-order valence-electron chi connectivity index (χ1n) is 20.2. The zero-order chi connectivity index (χ0) is 39.0. The van der Waals surface area contributed by atoms with Crippen molar-refractivity contribution in [2.75, 3.05) is 51.8 Å². The van der Waals surface area contributed by atoms with Crippen molar-refractivity contribution in [3.63, 3.8) is 0 Å². The fourth-order valence-corrected chi connectivity index (χ4v) is 6.32. The highest BCUT2D eigenvalue weighted by Crippen LogP contribution is 2.17. The molecule has 8 nitrogen and oxygen atoms in total. The number of rotatable bonds is 16. The summed E-state index contributed by atoms with van der Waals surface area (Å²) in [6.45, 7) is 19.5. The molecular formula is C44H71ClN2O6. The van der Waals surface area contributed by atoms with Gasteiger partial charge in [-0.25, -0.2) is 0 Å². The molecule has 0 saturated carbocycles. The SMILES string of the molecule is CC(C)(C)OC(=O)CCCc1ccc(O)cc1.CC(C)(C)OC(=O)CCCc1ccc(OCCCN2CCCCC2)cc1.ClCCCN1CCCCC1. The third-order valence-electron chi connectivity index (χ3n) is 8.79. The zero-order valence-corrected chi connectivity index (χ0v) is 34.7. The Morgan fingerprint density at radius 3 is 1.45 bits per heavy atom. The van der Waals surface area contributed by atoms with Crippen molar-refractivity contribution < 1.29 is 28.9 Å². The van der Waals surface area contributed by atoms with Crippen LogP contribution in [0.15, 0.2) is 48.5 Å². The van der Waals surface area contributed by atoms with Crippen molar-refractivity contribution in [3.05, 3.63) is 59.7 Å². The molecule has 9 heteroatoms. The Bertz CT molecular complexity index is 1240. The van der Waals surface area contributed by atoms with Gasteiger partial charge < -0.3 is 29.1 Å². The van der Waals surface area contributed by atoms with Crippen LogP contribution in [0.5, 0.6) is 11.5 Å². The van der Waals surface area contributed by atoms with Crippen molar-refractivity contribution in [2.24, 2.45) is 0 Å². The van der Waals surface area contributed by atoms with E-state index in [1.165, 1.54) is 76.8 Å². The molecule has 0 bridgehead atoms. The molecule has 0 aliphatic carbocycles. The number of nitrogens with zero attached hydrogens (tertiary/aromatic N) is 2. The van der Waals surface area contributed by atoms with Gasteiger partial charge in [-0.15, -0.1) is 11.6 Å². The van der Waals surface area contributed by atoms with Gasteiger partial charge in [0.2, 0.25) is 0 Å². The molecule has 0 spiro atoms. The fourth-order valence-electron chi connectivity index (χ4n) is 6.20. The van der Waals surface area contributed by atoms with E-state index in [4.69, 9.17) is 30.9 Å². The summed E-state index contributed by atoms with van der Waals surface area (Å²) in [5.74, 6) is 1.74. The number of esters is 2. The number of phenolic OH excluding ortho intramolecular Hbond substituents is 1. The topological polar surface area (TPSA) is 88.5 Å². The highest BCUT2D eigenvalue weighted by atomic mass is 35.5. The Hall–Kier alpha value is -2.81. The molecule has 2 heterocycles. The molecule has 2 fully saturated rings. The zero-order valence-electron chi connectivity index (χ0n) is 33.9. The number of hydrogen-bond donors (Lipinski definition) is 1. The summed E-state index contributed by atoms with van der Waals surface area (Å²) in [7, 11) is 0. The smallest absolute Gasteiger partial charge is 0.306 e. The summed E-state index contributed by atoms with van der Waals surface area (Å²) >= 11 is 5.59. The maximum Gasteiger partial charge on any atom is 0.306 e. The lowest BCUT2D eigenvalue weighted by Gasteiger charge is -2.26. The number of aromatic hydroxyl groups is 1. The standard InChI is InChI=1S/C22H35NO3.C14H20O3.C8H16ClN/c1-22(2,3)26-21(24)10-7-9-19-11-13-20(14-12-19)25-18-8-17-23-15-5-4-6-16-23;1-14(2,3)17-13(16)6-4-5-11-7-9-12(15)10-8-11;9-5-4-8-10-6-2-1-3-7-10/h11-14H,4-10,15-18H2,1-3H3;7-10,15H,4-6H2,1-3H3;1-8H2. The summed E-state index contributed by atoms with van der Waals surface area (Å²) in [5, 5.41) is 9.12. The monoisotopic (exact) mass is 759 g/mol. The van der Waals surface area contributed by atoms with E-state index in [0.717, 1.165) is 68.9 Å². The number of carbonyl (C=O) groups excluding carboxylic acids is 2. The molecule has 4 rings (SSSR count). The second-order valence-electron chi connectivity index (χ2n) is 16.2. The number of aryl methyl sites for hydroxylation is 2. The molecule has 0 radical (unpaired) electrons. The van der Waals surface area contributed by atoms with Crippen molar-refractivity contribution in [1.82, 2.24) is 9.80 Å². The fraction of sp³-hybridized carbons (Fsp3) is 0.682. The molecule has 0 amide bonds. The van der Waals surface area contributed by atoms with Crippen molar-refractivity contribution in [1.29, 1.82) is 0 Å². The first-order valence-corrected chi connectivity index (χ1v) is 20.7. The molecule has 2 aromatic rings. The number of piperidine rings is 2. The van der Waals surface area contributed by atoms with E-state index in [2.05, 4.69) is 21.9 Å². The van der Waals surface area contributed by atoms with E-state index in [-0.39, 0.29) is 17.7 Å². The predicted molar refractivity (Wildman–Crippen MR) is 218 cm³/mol. The molecular weight excluding hydrogens is 688 g/mol. The minimum Gasteiger partial charge on any atom is -0.508 e. The Labute approximate surface area is 326 Å². The van der Waals surface area contributed by atoms with Crippen LogP contribution < -0.4 is 4.74 Å². The molecule has 0 atom stereocenters. The average Bonchev–Trinajstić information content (AvgIpc) is 3.11. The van der Waals surface area contributed by atoms with Gasteiger partial charge in [-0.3, -0.25) is 9.59 Å². The summed E-state index contributed by atoms with van der Waals surface area (Å²) in [6.07, 6.45) is 14.7. The molecule has 2 aliphatic heterocycles. The van der Waals surface area contributed by atoms with Crippen LogP contribution in [0.4, 0.5) is 0 Å². The summed E-state index contributed by atoms with van der Waals surface area (Å²) in [4.78, 5) is 28.2. The van der Waals surface area contributed by atoms with E-state index < -0.39 is 11.2 Å². The summed E-state index contributed by atoms with van der Waals surface area (Å²) in [6, 6.07) is 15.3. The quantitative estimate of drug-likeness (QED) is 0.103.